The molecule has 3 N–H and O–H groups in total. The zero-order valence-corrected chi connectivity index (χ0v) is 12.1. The molecule has 0 aliphatic carbocycles. The zero-order chi connectivity index (χ0) is 14.9. The number of nitrogen functional groups attached to an aromatic ring is 1. The first-order valence-corrected chi connectivity index (χ1v) is 6.59. The number of hydrogen-bond acceptors (Lipinski definition) is 2. The highest BCUT2D eigenvalue weighted by molar-refractivity contribution is 6.35. The molecule has 1 aromatic carbocycles. The highest BCUT2D eigenvalue weighted by atomic mass is 35.5. The second-order valence-corrected chi connectivity index (χ2v) is 4.97. The number of halogens is 3. The number of aromatic nitrogens is 1. The fourth-order valence-electron chi connectivity index (χ4n) is 1.81. The Morgan fingerprint density at radius 1 is 1.35 bits per heavy atom. The Hall–Kier alpha value is -1.72. The van der Waals surface area contributed by atoms with E-state index in [9.17, 15) is 9.18 Å². The minimum absolute atomic E-state index is 0.154. The minimum Gasteiger partial charge on any atom is -0.397 e. The van der Waals surface area contributed by atoms with Crippen molar-refractivity contribution in [3.8, 4) is 0 Å². The van der Waals surface area contributed by atoms with Gasteiger partial charge < -0.3 is 15.6 Å². The number of carbonyl (C=O) groups is 1. The summed E-state index contributed by atoms with van der Waals surface area (Å²) in [7, 11) is 0. The smallest absolute Gasteiger partial charge is 0.272 e. The molecule has 0 atom stereocenters. The first-order valence-electron chi connectivity index (χ1n) is 5.84. The molecule has 2 rings (SSSR count). The van der Waals surface area contributed by atoms with E-state index in [1.54, 1.807) is 16.8 Å². The highest BCUT2D eigenvalue weighted by Crippen LogP contribution is 2.27. The second-order valence-electron chi connectivity index (χ2n) is 4.15. The third-order valence-corrected chi connectivity index (χ3v) is 3.28. The van der Waals surface area contributed by atoms with Crippen LogP contribution in [0.4, 0.5) is 15.8 Å². The average molecular weight is 316 g/mol. The van der Waals surface area contributed by atoms with E-state index in [-0.39, 0.29) is 16.0 Å². The molecule has 2 aromatic rings. The topological polar surface area (TPSA) is 60.0 Å². The molecule has 1 aromatic heterocycles. The standard InChI is InChI=1S/C13H12Cl2FN3O/c1-2-19-6-7(17)3-11(19)13(20)18-8-4-9(14)12(16)10(15)5-8/h3-6H,2,17H2,1H3,(H,18,20). The van der Waals surface area contributed by atoms with Gasteiger partial charge in [0.25, 0.3) is 5.91 Å². The molecule has 106 valence electrons. The summed E-state index contributed by atoms with van der Waals surface area (Å²) < 4.78 is 15.0. The minimum atomic E-state index is -0.715. The van der Waals surface area contributed by atoms with E-state index in [2.05, 4.69) is 5.32 Å². The third-order valence-electron chi connectivity index (χ3n) is 2.73. The molecule has 1 heterocycles. The monoisotopic (exact) mass is 315 g/mol. The van der Waals surface area contributed by atoms with Crippen LogP contribution in [0.2, 0.25) is 10.0 Å². The van der Waals surface area contributed by atoms with Crippen molar-refractivity contribution in [1.29, 1.82) is 0 Å². The van der Waals surface area contributed by atoms with E-state index >= 15 is 0 Å². The van der Waals surface area contributed by atoms with Gasteiger partial charge in [-0.05, 0) is 25.1 Å². The quantitative estimate of drug-likeness (QED) is 0.846. The van der Waals surface area contributed by atoms with Crippen molar-refractivity contribution in [3.63, 3.8) is 0 Å². The van der Waals surface area contributed by atoms with Gasteiger partial charge in [-0.1, -0.05) is 23.2 Å². The molecule has 0 saturated heterocycles. The SMILES string of the molecule is CCn1cc(N)cc1C(=O)Nc1cc(Cl)c(F)c(Cl)c1. The Morgan fingerprint density at radius 2 is 1.95 bits per heavy atom. The van der Waals surface area contributed by atoms with Gasteiger partial charge >= 0.3 is 0 Å². The predicted octanol–water partition coefficient (Wildman–Crippen LogP) is 3.79. The molecule has 20 heavy (non-hydrogen) atoms. The van der Waals surface area contributed by atoms with Crippen molar-refractivity contribution in [1.82, 2.24) is 4.57 Å². The number of carbonyl (C=O) groups excluding carboxylic acids is 1. The number of amides is 1. The zero-order valence-electron chi connectivity index (χ0n) is 10.6. The van der Waals surface area contributed by atoms with E-state index in [1.165, 1.54) is 12.1 Å². The summed E-state index contributed by atoms with van der Waals surface area (Å²) in [4.78, 5) is 12.1. The van der Waals surface area contributed by atoms with Crippen molar-refractivity contribution < 1.29 is 9.18 Å². The molecule has 0 saturated carbocycles. The lowest BCUT2D eigenvalue weighted by Gasteiger charge is -2.09. The van der Waals surface area contributed by atoms with Crippen LogP contribution in [0.15, 0.2) is 24.4 Å². The summed E-state index contributed by atoms with van der Waals surface area (Å²) in [5.41, 5.74) is 6.87. The first-order chi connectivity index (χ1) is 9.42. The molecule has 0 fully saturated rings. The van der Waals surface area contributed by atoms with Crippen LogP contribution in [0.1, 0.15) is 17.4 Å². The molecule has 1 amide bonds. The fraction of sp³-hybridized carbons (Fsp3) is 0.154. The summed E-state index contributed by atoms with van der Waals surface area (Å²) in [6.45, 7) is 2.49. The van der Waals surface area contributed by atoms with Gasteiger partial charge in [-0.3, -0.25) is 4.79 Å². The van der Waals surface area contributed by atoms with Crippen LogP contribution in [-0.4, -0.2) is 10.5 Å². The Labute approximate surface area is 125 Å². The molecule has 0 bridgehead atoms. The van der Waals surface area contributed by atoms with Gasteiger partial charge in [-0.2, -0.15) is 0 Å². The van der Waals surface area contributed by atoms with Gasteiger partial charge in [0.2, 0.25) is 0 Å². The maximum absolute atomic E-state index is 13.3. The number of rotatable bonds is 3. The molecule has 0 aliphatic rings. The number of nitrogens with one attached hydrogen (secondary N) is 1. The molecule has 0 unspecified atom stereocenters. The molecule has 7 heteroatoms. The number of anilines is 2. The lowest BCUT2D eigenvalue weighted by Crippen LogP contribution is -2.16. The van der Waals surface area contributed by atoms with Crippen LogP contribution in [0.3, 0.4) is 0 Å². The van der Waals surface area contributed by atoms with Gasteiger partial charge in [0.15, 0.2) is 5.82 Å². The Bertz CT molecular complexity index is 647. The third kappa shape index (κ3) is 2.89. The maximum Gasteiger partial charge on any atom is 0.272 e. The Morgan fingerprint density at radius 3 is 2.50 bits per heavy atom. The van der Waals surface area contributed by atoms with Crippen molar-refractivity contribution >= 4 is 40.5 Å². The van der Waals surface area contributed by atoms with Gasteiger partial charge in [-0.15, -0.1) is 0 Å². The molecular weight excluding hydrogens is 304 g/mol. The predicted molar refractivity (Wildman–Crippen MR) is 78.9 cm³/mol. The van der Waals surface area contributed by atoms with E-state index in [0.29, 0.717) is 23.6 Å². The molecule has 0 aliphatic heterocycles. The average Bonchev–Trinajstić information content (AvgIpc) is 2.77. The van der Waals surface area contributed by atoms with E-state index < -0.39 is 5.82 Å². The van der Waals surface area contributed by atoms with Crippen molar-refractivity contribution in [3.05, 3.63) is 46.0 Å². The van der Waals surface area contributed by atoms with E-state index in [0.717, 1.165) is 0 Å². The molecule has 0 spiro atoms. The van der Waals surface area contributed by atoms with Crippen molar-refractivity contribution in [2.45, 2.75) is 13.5 Å². The van der Waals surface area contributed by atoms with Crippen molar-refractivity contribution in [2.24, 2.45) is 0 Å². The number of benzene rings is 1. The van der Waals surface area contributed by atoms with Crippen LogP contribution in [0.5, 0.6) is 0 Å². The maximum atomic E-state index is 13.3. The molecule has 4 nitrogen and oxygen atoms in total. The lowest BCUT2D eigenvalue weighted by atomic mass is 10.3. The lowest BCUT2D eigenvalue weighted by molar-refractivity contribution is 0.101. The fourth-order valence-corrected chi connectivity index (χ4v) is 2.30. The van der Waals surface area contributed by atoms with Gasteiger partial charge in [0.05, 0.1) is 15.7 Å². The summed E-state index contributed by atoms with van der Waals surface area (Å²) in [5.74, 6) is -1.09. The highest BCUT2D eigenvalue weighted by Gasteiger charge is 2.14. The van der Waals surface area contributed by atoms with E-state index in [1.807, 2.05) is 6.92 Å². The summed E-state index contributed by atoms with van der Waals surface area (Å²) in [5, 5.41) is 2.30. The van der Waals surface area contributed by atoms with Crippen LogP contribution in [-0.2, 0) is 6.54 Å². The van der Waals surface area contributed by atoms with Gasteiger partial charge in [-0.25, -0.2) is 4.39 Å². The summed E-state index contributed by atoms with van der Waals surface area (Å²) >= 11 is 11.4. The number of hydrogen-bond donors (Lipinski definition) is 2. The largest absolute Gasteiger partial charge is 0.397 e. The van der Waals surface area contributed by atoms with Gasteiger partial charge in [0.1, 0.15) is 5.69 Å². The number of nitrogens with zero attached hydrogens (tertiary/aromatic N) is 1. The second kappa shape index (κ2) is 5.73. The molecule has 0 radical (unpaired) electrons. The molecular formula is C13H12Cl2FN3O. The van der Waals surface area contributed by atoms with Crippen LogP contribution >= 0.6 is 23.2 Å². The Balaban J connectivity index is 2.28. The van der Waals surface area contributed by atoms with Crippen LogP contribution in [0.25, 0.3) is 0 Å². The first kappa shape index (κ1) is 14.7. The number of nitrogens with two attached hydrogens (primary N) is 1. The number of aryl methyl sites for hydroxylation is 1. The van der Waals surface area contributed by atoms with Crippen LogP contribution in [0, 0.1) is 5.82 Å². The summed E-state index contributed by atoms with van der Waals surface area (Å²) in [6, 6.07) is 4.15. The van der Waals surface area contributed by atoms with Gasteiger partial charge in [0, 0.05) is 18.4 Å². The summed E-state index contributed by atoms with van der Waals surface area (Å²) in [6.07, 6.45) is 1.67. The van der Waals surface area contributed by atoms with Crippen molar-refractivity contribution in [2.75, 3.05) is 11.1 Å². The van der Waals surface area contributed by atoms with E-state index in [4.69, 9.17) is 28.9 Å². The Kier molecular flexibility index (Phi) is 4.20. The normalized spacial score (nSPS) is 10.6. The van der Waals surface area contributed by atoms with Crippen LogP contribution < -0.4 is 11.1 Å².